The van der Waals surface area contributed by atoms with Crippen LogP contribution in [0.2, 0.25) is 0 Å². The zero-order valence-corrected chi connectivity index (χ0v) is 10.6. The van der Waals surface area contributed by atoms with Crippen LogP contribution < -0.4 is 5.73 Å². The highest BCUT2D eigenvalue weighted by atomic mass is 32.2. The highest BCUT2D eigenvalue weighted by molar-refractivity contribution is 7.99. The van der Waals surface area contributed by atoms with E-state index in [-0.39, 0.29) is 11.9 Å². The van der Waals surface area contributed by atoms with Gasteiger partial charge in [0.25, 0.3) is 0 Å². The van der Waals surface area contributed by atoms with Crippen LogP contribution >= 0.6 is 11.8 Å². The first-order valence-corrected chi connectivity index (χ1v) is 6.96. The second-order valence-electron chi connectivity index (χ2n) is 4.11. The Hall–Kier alpha value is -0.220. The molecule has 0 spiro atoms. The molecule has 1 fully saturated rings. The lowest BCUT2D eigenvalue weighted by atomic mass is 10.0. The maximum Gasteiger partial charge on any atom is 0.239 e. The number of nitrogens with two attached hydrogens (primary N) is 1. The van der Waals surface area contributed by atoms with E-state index in [0.717, 1.165) is 37.3 Å². The van der Waals surface area contributed by atoms with Gasteiger partial charge in [-0.3, -0.25) is 4.79 Å². The van der Waals surface area contributed by atoms with Gasteiger partial charge in [0.05, 0.1) is 6.04 Å². The van der Waals surface area contributed by atoms with E-state index in [0.29, 0.717) is 6.04 Å². The minimum absolute atomic E-state index is 0.148. The van der Waals surface area contributed by atoms with E-state index < -0.39 is 0 Å². The van der Waals surface area contributed by atoms with E-state index in [1.165, 1.54) is 0 Å². The van der Waals surface area contributed by atoms with Crippen molar-refractivity contribution in [1.29, 1.82) is 0 Å². The number of hydrogen-bond donors (Lipinski definition) is 1. The van der Waals surface area contributed by atoms with Crippen LogP contribution in [0.5, 0.6) is 0 Å². The van der Waals surface area contributed by atoms with Gasteiger partial charge in [0, 0.05) is 12.6 Å². The molecule has 1 saturated heterocycles. The molecule has 0 aromatic heterocycles. The lowest BCUT2D eigenvalue weighted by molar-refractivity contribution is -0.137. The van der Waals surface area contributed by atoms with Crippen molar-refractivity contribution in [3.63, 3.8) is 0 Å². The van der Waals surface area contributed by atoms with Gasteiger partial charge in [-0.1, -0.05) is 6.92 Å². The Kier molecular flexibility index (Phi) is 5.47. The molecule has 1 aliphatic rings. The fraction of sp³-hybridized carbons (Fsp3) is 0.909. The zero-order chi connectivity index (χ0) is 11.3. The molecule has 88 valence electrons. The van der Waals surface area contributed by atoms with Crippen LogP contribution in [0, 0.1) is 0 Å². The first-order chi connectivity index (χ1) is 7.16. The molecule has 4 heteroatoms. The summed E-state index contributed by atoms with van der Waals surface area (Å²) < 4.78 is 0. The van der Waals surface area contributed by atoms with Crippen LogP contribution in [-0.4, -0.2) is 40.9 Å². The normalized spacial score (nSPS) is 24.3. The number of rotatable bonds is 5. The summed E-state index contributed by atoms with van der Waals surface area (Å²) in [5.74, 6) is 2.44. The third-order valence-corrected chi connectivity index (χ3v) is 3.86. The van der Waals surface area contributed by atoms with Crippen molar-refractivity contribution < 1.29 is 4.79 Å². The van der Waals surface area contributed by atoms with E-state index >= 15 is 0 Å². The summed E-state index contributed by atoms with van der Waals surface area (Å²) in [6, 6.07) is 0.0999. The van der Waals surface area contributed by atoms with Crippen molar-refractivity contribution in [1.82, 2.24) is 4.90 Å². The first-order valence-electron chi connectivity index (χ1n) is 5.80. The number of likely N-dealkylation sites (tertiary alicyclic amines) is 1. The average Bonchev–Trinajstić information content (AvgIpc) is 2.22. The molecule has 2 unspecified atom stereocenters. The van der Waals surface area contributed by atoms with E-state index in [4.69, 9.17) is 5.73 Å². The van der Waals surface area contributed by atoms with Crippen LogP contribution in [0.4, 0.5) is 0 Å². The summed E-state index contributed by atoms with van der Waals surface area (Å²) in [5, 5.41) is 0. The third-order valence-electron chi connectivity index (χ3n) is 2.93. The summed E-state index contributed by atoms with van der Waals surface area (Å²) in [5.41, 5.74) is 5.76. The third kappa shape index (κ3) is 3.68. The van der Waals surface area contributed by atoms with Crippen molar-refractivity contribution in [2.45, 2.75) is 45.2 Å². The van der Waals surface area contributed by atoms with Crippen LogP contribution in [-0.2, 0) is 4.79 Å². The Morgan fingerprint density at radius 3 is 3.07 bits per heavy atom. The van der Waals surface area contributed by atoms with E-state index in [1.54, 1.807) is 0 Å². The predicted octanol–water partition coefficient (Wildman–Crippen LogP) is 1.47. The van der Waals surface area contributed by atoms with E-state index in [1.807, 2.05) is 16.7 Å². The monoisotopic (exact) mass is 230 g/mol. The summed E-state index contributed by atoms with van der Waals surface area (Å²) in [6.07, 6.45) is 2.99. The first kappa shape index (κ1) is 12.8. The number of nitrogens with zero attached hydrogens (tertiary/aromatic N) is 1. The minimum Gasteiger partial charge on any atom is -0.339 e. The molecule has 2 atom stereocenters. The van der Waals surface area contributed by atoms with Crippen LogP contribution in [0.25, 0.3) is 0 Å². The van der Waals surface area contributed by atoms with Crippen LogP contribution in [0.3, 0.4) is 0 Å². The molecule has 0 aliphatic carbocycles. The molecule has 1 rings (SSSR count). The van der Waals surface area contributed by atoms with Gasteiger partial charge in [0.2, 0.25) is 5.91 Å². The van der Waals surface area contributed by atoms with Crippen molar-refractivity contribution in [3.8, 4) is 0 Å². The lowest BCUT2D eigenvalue weighted by Gasteiger charge is -2.35. The Morgan fingerprint density at radius 2 is 2.40 bits per heavy atom. The fourth-order valence-corrected chi connectivity index (χ4v) is 2.72. The van der Waals surface area contributed by atoms with Gasteiger partial charge >= 0.3 is 0 Å². The van der Waals surface area contributed by atoms with Crippen molar-refractivity contribution >= 4 is 17.7 Å². The molecule has 15 heavy (non-hydrogen) atoms. The largest absolute Gasteiger partial charge is 0.339 e. The number of carbonyl (C=O) groups excluding carboxylic acids is 1. The maximum atomic E-state index is 11.8. The second-order valence-corrected chi connectivity index (χ2v) is 5.51. The standard InChI is InChI=1S/C11H22N2OS/c1-3-15-8-6-9(2)13-7-4-5-10(12)11(13)14/h9-10H,3-8,12H2,1-2H3. The Balaban J connectivity index is 2.36. The van der Waals surface area contributed by atoms with Crippen molar-refractivity contribution in [2.24, 2.45) is 5.73 Å². The van der Waals surface area contributed by atoms with Crippen molar-refractivity contribution in [3.05, 3.63) is 0 Å². The minimum atomic E-state index is -0.250. The van der Waals surface area contributed by atoms with Gasteiger partial charge < -0.3 is 10.6 Å². The number of piperidine rings is 1. The molecular weight excluding hydrogens is 208 g/mol. The summed E-state index contributed by atoms with van der Waals surface area (Å²) in [4.78, 5) is 13.8. The van der Waals surface area contributed by atoms with Gasteiger partial charge in [0.15, 0.2) is 0 Å². The predicted molar refractivity (Wildman–Crippen MR) is 66.0 cm³/mol. The van der Waals surface area contributed by atoms with E-state index in [9.17, 15) is 4.79 Å². The molecule has 1 amide bonds. The van der Waals surface area contributed by atoms with Gasteiger partial charge in [-0.05, 0) is 37.7 Å². The topological polar surface area (TPSA) is 46.3 Å². The smallest absolute Gasteiger partial charge is 0.239 e. The molecule has 0 saturated carbocycles. The molecule has 0 aromatic rings. The highest BCUT2D eigenvalue weighted by Crippen LogP contribution is 2.16. The van der Waals surface area contributed by atoms with Crippen LogP contribution in [0.1, 0.15) is 33.1 Å². The Bertz CT molecular complexity index is 211. The van der Waals surface area contributed by atoms with Gasteiger partial charge in [-0.25, -0.2) is 0 Å². The molecule has 0 aromatic carbocycles. The molecular formula is C11H22N2OS. The van der Waals surface area contributed by atoms with Crippen LogP contribution in [0.15, 0.2) is 0 Å². The molecule has 0 radical (unpaired) electrons. The lowest BCUT2D eigenvalue weighted by Crippen LogP contribution is -2.51. The summed E-state index contributed by atoms with van der Waals surface area (Å²) in [6.45, 7) is 5.19. The number of carbonyl (C=O) groups is 1. The van der Waals surface area contributed by atoms with E-state index in [2.05, 4.69) is 13.8 Å². The SMILES string of the molecule is CCSCCC(C)N1CCCC(N)C1=O. The highest BCUT2D eigenvalue weighted by Gasteiger charge is 2.28. The number of amides is 1. The molecule has 1 heterocycles. The second kappa shape index (κ2) is 6.38. The maximum absolute atomic E-state index is 11.8. The van der Waals surface area contributed by atoms with Gasteiger partial charge in [-0.2, -0.15) is 11.8 Å². The quantitative estimate of drug-likeness (QED) is 0.728. The molecule has 0 bridgehead atoms. The van der Waals surface area contributed by atoms with Crippen molar-refractivity contribution in [2.75, 3.05) is 18.1 Å². The van der Waals surface area contributed by atoms with Gasteiger partial charge in [-0.15, -0.1) is 0 Å². The molecule has 2 N–H and O–H groups in total. The average molecular weight is 230 g/mol. The molecule has 1 aliphatic heterocycles. The Morgan fingerprint density at radius 1 is 1.67 bits per heavy atom. The summed E-state index contributed by atoms with van der Waals surface area (Å²) >= 11 is 1.93. The number of hydrogen-bond acceptors (Lipinski definition) is 3. The summed E-state index contributed by atoms with van der Waals surface area (Å²) in [7, 11) is 0. The Labute approximate surface area is 96.8 Å². The van der Waals surface area contributed by atoms with Gasteiger partial charge in [0.1, 0.15) is 0 Å². The zero-order valence-electron chi connectivity index (χ0n) is 9.74. The molecule has 3 nitrogen and oxygen atoms in total. The number of thioether (sulfide) groups is 1. The fourth-order valence-electron chi connectivity index (χ4n) is 1.92.